The zero-order valence-electron chi connectivity index (χ0n) is 21.8. The van der Waals surface area contributed by atoms with Gasteiger partial charge in [0.25, 0.3) is 21.8 Å². The lowest BCUT2D eigenvalue weighted by molar-refractivity contribution is -0.255. The summed E-state index contributed by atoms with van der Waals surface area (Å²) in [7, 11) is -4.25. The van der Waals surface area contributed by atoms with Crippen molar-refractivity contribution in [3.05, 3.63) is 94.8 Å². The highest BCUT2D eigenvalue weighted by atomic mass is 32.2. The highest BCUT2D eigenvalue weighted by Crippen LogP contribution is 2.15. The van der Waals surface area contributed by atoms with Crippen LogP contribution in [0.4, 0.5) is 0 Å². The molecule has 3 rings (SSSR count). The lowest BCUT2D eigenvalue weighted by Crippen LogP contribution is -2.31. The van der Waals surface area contributed by atoms with Gasteiger partial charge >= 0.3 is 0 Å². The molecule has 10 heteroatoms. The second kappa shape index (κ2) is 14.2. The second-order valence-corrected chi connectivity index (χ2v) is 10.8. The van der Waals surface area contributed by atoms with Crippen LogP contribution in [0.1, 0.15) is 81.4 Å². The molecule has 2 amide bonds. The quantitative estimate of drug-likeness (QED) is 0.293. The zero-order valence-corrected chi connectivity index (χ0v) is 22.6. The number of benzene rings is 2. The smallest absolute Gasteiger partial charge is 0.266 e. The first kappa shape index (κ1) is 29.5. The molecule has 0 atom stereocenters. The summed E-state index contributed by atoms with van der Waals surface area (Å²) in [5.41, 5.74) is 1.49. The van der Waals surface area contributed by atoms with Crippen LogP contribution >= 0.6 is 0 Å². The van der Waals surface area contributed by atoms with Crippen LogP contribution in [0.2, 0.25) is 0 Å². The largest absolute Gasteiger partial charge is 0.543 e. The number of carboxylic acids is 1. The fourth-order valence-corrected chi connectivity index (χ4v) is 4.98. The molecule has 0 spiro atoms. The molecule has 39 heavy (non-hydrogen) atoms. The number of amides is 2. The number of hydrogen-bond acceptors (Lipinski definition) is 7. The number of aromatic carboxylic acids is 1. The van der Waals surface area contributed by atoms with Crippen molar-refractivity contribution in [1.82, 2.24) is 15.0 Å². The topological polar surface area (TPSA) is 145 Å². The molecule has 1 heterocycles. The van der Waals surface area contributed by atoms with E-state index in [1.165, 1.54) is 35.9 Å². The highest BCUT2D eigenvalue weighted by molar-refractivity contribution is 7.90. The third-order valence-corrected chi connectivity index (χ3v) is 7.49. The van der Waals surface area contributed by atoms with Crippen molar-refractivity contribution in [1.29, 1.82) is 0 Å². The van der Waals surface area contributed by atoms with Crippen LogP contribution < -0.4 is 15.1 Å². The maximum atomic E-state index is 12.8. The number of nitrogens with one attached hydrogen (secondary N) is 2. The van der Waals surface area contributed by atoms with Gasteiger partial charge in [-0.3, -0.25) is 14.6 Å². The van der Waals surface area contributed by atoms with Gasteiger partial charge in [0.2, 0.25) is 0 Å². The normalized spacial score (nSPS) is 11.1. The first-order valence-corrected chi connectivity index (χ1v) is 14.4. The number of pyridine rings is 1. The van der Waals surface area contributed by atoms with Gasteiger partial charge in [-0.2, -0.15) is 0 Å². The molecule has 9 nitrogen and oxygen atoms in total. The van der Waals surface area contributed by atoms with Crippen LogP contribution in [0, 0.1) is 0 Å². The number of aromatic nitrogens is 1. The number of carbonyl (C=O) groups is 3. The molecule has 0 saturated heterocycles. The van der Waals surface area contributed by atoms with Crippen molar-refractivity contribution < 1.29 is 27.9 Å². The van der Waals surface area contributed by atoms with Gasteiger partial charge in [-0.25, -0.2) is 13.1 Å². The summed E-state index contributed by atoms with van der Waals surface area (Å²) < 4.78 is 27.5. The second-order valence-electron chi connectivity index (χ2n) is 9.13. The van der Waals surface area contributed by atoms with Crippen molar-refractivity contribution in [2.75, 3.05) is 6.54 Å². The van der Waals surface area contributed by atoms with Crippen molar-refractivity contribution in [2.45, 2.75) is 56.8 Å². The van der Waals surface area contributed by atoms with Gasteiger partial charge in [0.1, 0.15) is 0 Å². The van der Waals surface area contributed by atoms with Crippen LogP contribution in [0.3, 0.4) is 0 Å². The minimum absolute atomic E-state index is 0.0849. The van der Waals surface area contributed by atoms with Crippen LogP contribution in [0.15, 0.2) is 71.8 Å². The predicted octanol–water partition coefficient (Wildman–Crippen LogP) is 3.05. The molecule has 0 radical (unpaired) electrons. The van der Waals surface area contributed by atoms with Gasteiger partial charge in [-0.15, -0.1) is 0 Å². The third kappa shape index (κ3) is 8.75. The summed E-state index contributed by atoms with van der Waals surface area (Å²) in [6.07, 6.45) is 6.50. The number of rotatable bonds is 14. The minimum atomic E-state index is -4.25. The van der Waals surface area contributed by atoms with Crippen molar-refractivity contribution in [2.24, 2.45) is 0 Å². The Bertz CT molecular complexity index is 1390. The van der Waals surface area contributed by atoms with Crippen molar-refractivity contribution >= 4 is 27.8 Å². The molecule has 0 saturated carbocycles. The Balaban J connectivity index is 1.57. The lowest BCUT2D eigenvalue weighted by Gasteiger charge is -2.12. The monoisotopic (exact) mass is 550 g/mol. The number of nitrogens with zero attached hydrogens (tertiary/aromatic N) is 1. The van der Waals surface area contributed by atoms with Crippen LogP contribution in [0.25, 0.3) is 0 Å². The van der Waals surface area contributed by atoms with Gasteiger partial charge in [-0.1, -0.05) is 50.1 Å². The Kier molecular flexibility index (Phi) is 10.7. The van der Waals surface area contributed by atoms with Crippen LogP contribution in [-0.2, 0) is 22.9 Å². The summed E-state index contributed by atoms with van der Waals surface area (Å²) in [6.45, 7) is 2.49. The van der Waals surface area contributed by atoms with Gasteiger partial charge in [0, 0.05) is 18.3 Å². The number of carboxylic acid groups (broad SMARTS) is 1. The van der Waals surface area contributed by atoms with E-state index in [1.807, 2.05) is 29.8 Å². The average Bonchev–Trinajstić information content (AvgIpc) is 2.93. The number of sulfonamides is 1. The molecule has 0 bridgehead atoms. The van der Waals surface area contributed by atoms with Crippen LogP contribution in [-0.4, -0.2) is 37.7 Å². The lowest BCUT2D eigenvalue weighted by atomic mass is 10.0. The molecule has 0 aliphatic rings. The fraction of sp³-hybridized carbons (Fsp3) is 0.310. The maximum absolute atomic E-state index is 12.8. The van der Waals surface area contributed by atoms with Gasteiger partial charge in [0.05, 0.1) is 22.1 Å². The molecule has 3 aromatic rings. The molecule has 206 valence electrons. The third-order valence-electron chi connectivity index (χ3n) is 6.15. The Hall–Kier alpha value is -4.05. The maximum Gasteiger partial charge on any atom is 0.266 e. The Morgan fingerprint density at radius 2 is 1.54 bits per heavy atom. The SMILES string of the molecule is CCCCCc1cc(C(=O)NS(=O)(=O)c2ccc(C(=O)NCCCCc3ccccc3)cc2)cnc1C(=O)[O-]. The first-order chi connectivity index (χ1) is 18.7. The van der Waals surface area contributed by atoms with E-state index in [4.69, 9.17) is 0 Å². The number of hydrogen-bond donors (Lipinski definition) is 2. The van der Waals surface area contributed by atoms with E-state index < -0.39 is 21.9 Å². The molecule has 2 N–H and O–H groups in total. The van der Waals surface area contributed by atoms with Crippen molar-refractivity contribution in [3.63, 3.8) is 0 Å². The summed E-state index contributed by atoms with van der Waals surface area (Å²) in [5.74, 6) is -2.73. The van der Waals surface area contributed by atoms with E-state index in [2.05, 4.69) is 22.4 Å². The average molecular weight is 551 g/mol. The van der Waals surface area contributed by atoms with Gasteiger partial charge < -0.3 is 15.2 Å². The summed E-state index contributed by atoms with van der Waals surface area (Å²) in [5, 5.41) is 14.2. The Morgan fingerprint density at radius 1 is 0.846 bits per heavy atom. The van der Waals surface area contributed by atoms with Crippen LogP contribution in [0.5, 0.6) is 0 Å². The number of unbranched alkanes of at least 4 members (excludes halogenated alkanes) is 3. The molecular formula is C29H32N3O6S-. The standard InChI is InChI=1S/C29H33N3O6S/c1-2-3-5-13-23-19-24(20-31-26(23)29(35)36)28(34)32-39(37,38)25-16-14-22(15-17-25)27(33)30-18-9-8-12-21-10-6-4-7-11-21/h4,6-7,10-11,14-17,19-20H,2-3,5,8-9,12-13,18H2,1H3,(H,30,33)(H,32,34)(H,35,36)/p-1. The van der Waals surface area contributed by atoms with Gasteiger partial charge in [0.15, 0.2) is 0 Å². The van der Waals surface area contributed by atoms with E-state index in [9.17, 15) is 27.9 Å². The molecule has 0 unspecified atom stereocenters. The minimum Gasteiger partial charge on any atom is -0.543 e. The fourth-order valence-electron chi connectivity index (χ4n) is 4.00. The van der Waals surface area contributed by atoms with E-state index in [0.717, 1.165) is 38.3 Å². The van der Waals surface area contributed by atoms with Crippen molar-refractivity contribution in [3.8, 4) is 0 Å². The summed E-state index contributed by atoms with van der Waals surface area (Å²) in [6, 6.07) is 16.6. The van der Waals surface area contributed by atoms with Gasteiger partial charge in [-0.05, 0) is 73.6 Å². The zero-order chi connectivity index (χ0) is 28.3. The Morgan fingerprint density at radius 3 is 2.21 bits per heavy atom. The summed E-state index contributed by atoms with van der Waals surface area (Å²) in [4.78, 5) is 40.1. The first-order valence-electron chi connectivity index (χ1n) is 12.9. The molecule has 0 aliphatic heterocycles. The molecular weight excluding hydrogens is 518 g/mol. The summed E-state index contributed by atoms with van der Waals surface area (Å²) >= 11 is 0. The van der Waals surface area contributed by atoms with E-state index in [-0.39, 0.29) is 22.1 Å². The Labute approximate surface area is 228 Å². The predicted molar refractivity (Wildman–Crippen MR) is 145 cm³/mol. The van der Waals surface area contributed by atoms with E-state index in [0.29, 0.717) is 30.5 Å². The number of carbonyl (C=O) groups excluding carboxylic acids is 3. The highest BCUT2D eigenvalue weighted by Gasteiger charge is 2.21. The molecule has 1 aromatic heterocycles. The molecule has 0 fully saturated rings. The van der Waals surface area contributed by atoms with E-state index in [1.54, 1.807) is 0 Å². The number of aryl methyl sites for hydroxylation is 2. The molecule has 0 aliphatic carbocycles. The molecule has 2 aromatic carbocycles. The van der Waals surface area contributed by atoms with E-state index >= 15 is 0 Å².